The van der Waals surface area contributed by atoms with Crippen LogP contribution in [-0.2, 0) is 23.2 Å². The third-order valence-electron chi connectivity index (χ3n) is 4.16. The first-order valence-corrected chi connectivity index (χ1v) is 7.57. The van der Waals surface area contributed by atoms with E-state index >= 15 is 0 Å². The second kappa shape index (κ2) is 5.43. The van der Waals surface area contributed by atoms with Crippen molar-refractivity contribution in [2.45, 2.75) is 45.1 Å². The topological polar surface area (TPSA) is 47.8 Å². The predicted molar refractivity (Wildman–Crippen MR) is 80.9 cm³/mol. The summed E-state index contributed by atoms with van der Waals surface area (Å²) in [5.41, 5.74) is 0.875. The fourth-order valence-electron chi connectivity index (χ4n) is 2.85. The average molecular weight is 283 g/mol. The van der Waals surface area contributed by atoms with E-state index in [-0.39, 0.29) is 11.2 Å². The quantitative estimate of drug-likeness (QED) is 0.819. The van der Waals surface area contributed by atoms with E-state index in [1.54, 1.807) is 6.33 Å². The Morgan fingerprint density at radius 3 is 2.62 bits per heavy atom. The number of benzene rings is 1. The number of hydrogen-bond acceptors (Lipinski definition) is 3. The van der Waals surface area contributed by atoms with Gasteiger partial charge in [-0.05, 0) is 24.3 Å². The van der Waals surface area contributed by atoms with Gasteiger partial charge in [-0.15, -0.1) is 0 Å². The molecule has 0 N–H and O–H groups in total. The van der Waals surface area contributed by atoms with Crippen molar-refractivity contribution in [3.8, 4) is 0 Å². The number of Topliss-reactive ketones (excluding diaryl/α,β-unsaturated/α-hetero) is 1. The second-order valence-electron chi connectivity index (χ2n) is 6.30. The fourth-order valence-corrected chi connectivity index (χ4v) is 2.85. The van der Waals surface area contributed by atoms with Gasteiger partial charge in [0.1, 0.15) is 12.2 Å². The predicted octanol–water partition coefficient (Wildman–Crippen LogP) is 2.78. The van der Waals surface area contributed by atoms with Crippen LogP contribution in [0.5, 0.6) is 0 Å². The van der Waals surface area contributed by atoms with Crippen molar-refractivity contribution in [1.29, 1.82) is 0 Å². The van der Waals surface area contributed by atoms with E-state index in [0.29, 0.717) is 12.3 Å². The highest BCUT2D eigenvalue weighted by molar-refractivity contribution is 5.94. The molecule has 21 heavy (non-hydrogen) atoms. The molecule has 1 aromatic heterocycles. The van der Waals surface area contributed by atoms with Gasteiger partial charge in [0.2, 0.25) is 0 Å². The van der Waals surface area contributed by atoms with Gasteiger partial charge in [-0.25, -0.2) is 9.67 Å². The van der Waals surface area contributed by atoms with Gasteiger partial charge in [-0.3, -0.25) is 4.79 Å². The van der Waals surface area contributed by atoms with Crippen LogP contribution in [0.4, 0.5) is 0 Å². The van der Waals surface area contributed by atoms with Crippen molar-refractivity contribution in [3.05, 3.63) is 48.0 Å². The molecule has 0 aliphatic heterocycles. The van der Waals surface area contributed by atoms with Crippen LogP contribution in [0.2, 0.25) is 0 Å². The monoisotopic (exact) mass is 283 g/mol. The molecule has 0 atom stereocenters. The Morgan fingerprint density at radius 2 is 2.00 bits per heavy atom. The molecular weight excluding hydrogens is 262 g/mol. The molecule has 3 rings (SSSR count). The van der Waals surface area contributed by atoms with E-state index in [9.17, 15) is 4.79 Å². The smallest absolute Gasteiger partial charge is 0.150 e. The summed E-state index contributed by atoms with van der Waals surface area (Å²) in [4.78, 5) is 17.0. The lowest BCUT2D eigenvalue weighted by Gasteiger charge is -2.15. The van der Waals surface area contributed by atoms with E-state index in [1.165, 1.54) is 0 Å². The van der Waals surface area contributed by atoms with Crippen LogP contribution in [0.15, 0.2) is 36.7 Å². The zero-order valence-electron chi connectivity index (χ0n) is 12.6. The molecule has 0 amide bonds. The molecular formula is C17H21N3O. The van der Waals surface area contributed by atoms with E-state index in [4.69, 9.17) is 0 Å². The molecule has 0 radical (unpaired) electrons. The first kappa shape index (κ1) is 14.0. The Balaban J connectivity index is 1.77. The molecule has 0 spiro atoms. The summed E-state index contributed by atoms with van der Waals surface area (Å²) in [6.07, 6.45) is 3.83. The summed E-state index contributed by atoms with van der Waals surface area (Å²) in [5.74, 6) is 1.55. The summed E-state index contributed by atoms with van der Waals surface area (Å²) in [7, 11) is 0. The summed E-state index contributed by atoms with van der Waals surface area (Å²) in [6, 6.07) is 10.1. The minimum atomic E-state index is -0.268. The minimum absolute atomic E-state index is 0.268. The lowest BCUT2D eigenvalue weighted by molar-refractivity contribution is -0.121. The van der Waals surface area contributed by atoms with Gasteiger partial charge in [0.25, 0.3) is 0 Å². The summed E-state index contributed by atoms with van der Waals surface area (Å²) in [5, 5.41) is 4.24. The van der Waals surface area contributed by atoms with Crippen molar-refractivity contribution >= 4 is 5.78 Å². The fraction of sp³-hybridized carbons (Fsp3) is 0.471. The summed E-state index contributed by atoms with van der Waals surface area (Å²) < 4.78 is 1.86. The zero-order valence-corrected chi connectivity index (χ0v) is 12.6. The first-order valence-electron chi connectivity index (χ1n) is 7.57. The highest BCUT2D eigenvalue weighted by Gasteiger charge is 2.50. The largest absolute Gasteiger partial charge is 0.298 e. The van der Waals surface area contributed by atoms with E-state index < -0.39 is 0 Å². The highest BCUT2D eigenvalue weighted by Crippen LogP contribution is 2.49. The number of rotatable bonds is 6. The maximum Gasteiger partial charge on any atom is 0.150 e. The molecule has 1 aromatic carbocycles. The SMILES string of the molecule is CC(C)Cn1ncnc1CC(=O)C1(c2ccccc2)CC1. The molecule has 0 bridgehead atoms. The van der Waals surface area contributed by atoms with Crippen molar-refractivity contribution in [2.24, 2.45) is 5.92 Å². The van der Waals surface area contributed by atoms with Gasteiger partial charge in [-0.2, -0.15) is 5.10 Å². The van der Waals surface area contributed by atoms with E-state index in [1.807, 2.05) is 22.9 Å². The normalized spacial score (nSPS) is 16.1. The Morgan fingerprint density at radius 1 is 1.29 bits per heavy atom. The number of nitrogens with zero attached hydrogens (tertiary/aromatic N) is 3. The third-order valence-corrected chi connectivity index (χ3v) is 4.16. The molecule has 2 aromatic rings. The first-order chi connectivity index (χ1) is 10.1. The number of ketones is 1. The molecule has 0 unspecified atom stereocenters. The van der Waals surface area contributed by atoms with Crippen LogP contribution in [0.25, 0.3) is 0 Å². The van der Waals surface area contributed by atoms with Gasteiger partial charge >= 0.3 is 0 Å². The molecule has 110 valence electrons. The van der Waals surface area contributed by atoms with Crippen molar-refractivity contribution in [3.63, 3.8) is 0 Å². The Hall–Kier alpha value is -1.97. The van der Waals surface area contributed by atoms with Crippen LogP contribution >= 0.6 is 0 Å². The van der Waals surface area contributed by atoms with Crippen molar-refractivity contribution in [1.82, 2.24) is 14.8 Å². The standard InChI is InChI=1S/C17H21N3O/c1-13(2)11-20-16(18-12-19-20)10-15(21)17(8-9-17)14-6-4-3-5-7-14/h3-7,12-13H,8-11H2,1-2H3. The molecule has 1 aliphatic rings. The van der Waals surface area contributed by atoms with E-state index in [0.717, 1.165) is 30.8 Å². The van der Waals surface area contributed by atoms with Gasteiger partial charge < -0.3 is 0 Å². The Kier molecular flexibility index (Phi) is 3.62. The molecule has 1 aliphatic carbocycles. The van der Waals surface area contributed by atoms with Gasteiger partial charge in [0.15, 0.2) is 5.78 Å². The summed E-state index contributed by atoms with van der Waals surface area (Å²) >= 11 is 0. The van der Waals surface area contributed by atoms with Crippen LogP contribution in [0.3, 0.4) is 0 Å². The Bertz CT molecular complexity index is 626. The maximum atomic E-state index is 12.8. The molecule has 4 nitrogen and oxygen atoms in total. The summed E-state index contributed by atoms with van der Waals surface area (Å²) in [6.45, 7) is 5.08. The molecule has 1 saturated carbocycles. The molecule has 1 heterocycles. The number of carbonyl (C=O) groups is 1. The lowest BCUT2D eigenvalue weighted by Crippen LogP contribution is -2.24. The van der Waals surface area contributed by atoms with Gasteiger partial charge in [0, 0.05) is 6.54 Å². The third kappa shape index (κ3) is 2.75. The maximum absolute atomic E-state index is 12.8. The zero-order chi connectivity index (χ0) is 14.9. The van der Waals surface area contributed by atoms with Gasteiger partial charge in [0.05, 0.1) is 11.8 Å². The van der Waals surface area contributed by atoms with E-state index in [2.05, 4.69) is 36.1 Å². The van der Waals surface area contributed by atoms with Crippen LogP contribution in [0.1, 0.15) is 38.1 Å². The number of hydrogen-bond donors (Lipinski definition) is 0. The average Bonchev–Trinajstić information content (AvgIpc) is 3.18. The van der Waals surface area contributed by atoms with Crippen molar-refractivity contribution < 1.29 is 4.79 Å². The van der Waals surface area contributed by atoms with Crippen LogP contribution < -0.4 is 0 Å². The highest BCUT2D eigenvalue weighted by atomic mass is 16.1. The van der Waals surface area contributed by atoms with Crippen molar-refractivity contribution in [2.75, 3.05) is 0 Å². The molecule has 1 fully saturated rings. The second-order valence-corrected chi connectivity index (χ2v) is 6.30. The van der Waals surface area contributed by atoms with Gasteiger partial charge in [-0.1, -0.05) is 44.2 Å². The number of aromatic nitrogens is 3. The van der Waals surface area contributed by atoms with Crippen LogP contribution in [-0.4, -0.2) is 20.5 Å². The number of carbonyl (C=O) groups excluding carboxylic acids is 1. The minimum Gasteiger partial charge on any atom is -0.298 e. The van der Waals surface area contributed by atoms with Crippen LogP contribution in [0, 0.1) is 5.92 Å². The Labute approximate surface area is 125 Å². The molecule has 0 saturated heterocycles. The lowest BCUT2D eigenvalue weighted by atomic mass is 9.89. The molecule has 4 heteroatoms.